The van der Waals surface area contributed by atoms with Crippen molar-refractivity contribution in [2.24, 2.45) is 7.05 Å². The van der Waals surface area contributed by atoms with Gasteiger partial charge in [-0.3, -0.25) is 4.68 Å². The molecule has 0 bridgehead atoms. The minimum atomic E-state index is 0.401. The van der Waals surface area contributed by atoms with E-state index in [4.69, 9.17) is 16.3 Å². The summed E-state index contributed by atoms with van der Waals surface area (Å²) in [6.07, 6.45) is 0. The molecule has 0 unspecified atom stereocenters. The summed E-state index contributed by atoms with van der Waals surface area (Å²) in [6.45, 7) is 4.32. The van der Waals surface area contributed by atoms with Crippen LogP contribution in [0, 0.1) is 13.8 Å². The van der Waals surface area contributed by atoms with Gasteiger partial charge in [0, 0.05) is 22.4 Å². The number of hydrogen-bond donors (Lipinski definition) is 0. The minimum Gasteiger partial charge on any atom is -0.487 e. The summed E-state index contributed by atoms with van der Waals surface area (Å²) in [5, 5.41) is 5.70. The first kappa shape index (κ1) is 15.9. The summed E-state index contributed by atoms with van der Waals surface area (Å²) in [6, 6.07) is 4.09. The molecule has 0 aliphatic rings. The predicted octanol–water partition coefficient (Wildman–Crippen LogP) is 4.93. The molecular formula is C14H15Br2ClN2O. The van der Waals surface area contributed by atoms with Gasteiger partial charge in [0.25, 0.3) is 0 Å². The molecule has 0 N–H and O–H groups in total. The second-order valence-corrected chi connectivity index (χ2v) is 6.46. The van der Waals surface area contributed by atoms with Crippen LogP contribution in [0.4, 0.5) is 0 Å². The third-order valence-corrected chi connectivity index (χ3v) is 4.63. The highest BCUT2D eigenvalue weighted by atomic mass is 79.9. The van der Waals surface area contributed by atoms with Gasteiger partial charge in [-0.05, 0) is 31.5 Å². The maximum absolute atomic E-state index is 6.24. The van der Waals surface area contributed by atoms with Crippen molar-refractivity contribution in [2.75, 3.05) is 0 Å². The summed E-state index contributed by atoms with van der Waals surface area (Å²) >= 11 is 13.2. The Morgan fingerprint density at radius 2 is 2.05 bits per heavy atom. The molecule has 0 radical (unpaired) electrons. The molecule has 1 aromatic heterocycles. The van der Waals surface area contributed by atoms with E-state index in [0.29, 0.717) is 11.6 Å². The van der Waals surface area contributed by atoms with Crippen LogP contribution in [0.15, 0.2) is 16.6 Å². The average molecular weight is 423 g/mol. The Kier molecular flexibility index (Phi) is 5.15. The van der Waals surface area contributed by atoms with E-state index < -0.39 is 0 Å². The molecule has 2 rings (SSSR count). The number of benzene rings is 1. The Balaban J connectivity index is 2.27. The molecule has 0 fully saturated rings. The van der Waals surface area contributed by atoms with Crippen molar-refractivity contribution in [2.45, 2.75) is 25.8 Å². The van der Waals surface area contributed by atoms with Crippen LogP contribution in [0.1, 0.15) is 22.5 Å². The van der Waals surface area contributed by atoms with Gasteiger partial charge in [-0.2, -0.15) is 5.10 Å². The fourth-order valence-corrected chi connectivity index (χ4v) is 3.33. The number of aryl methyl sites for hydroxylation is 3. The van der Waals surface area contributed by atoms with Crippen LogP contribution in [0.2, 0.25) is 5.02 Å². The SMILES string of the molecule is Cc1cc(Br)cc(CBr)c1OCc1c(Cl)c(C)nn1C. The lowest BCUT2D eigenvalue weighted by atomic mass is 10.1. The van der Waals surface area contributed by atoms with Crippen molar-refractivity contribution in [3.05, 3.63) is 44.1 Å². The van der Waals surface area contributed by atoms with E-state index in [-0.39, 0.29) is 0 Å². The number of ether oxygens (including phenoxy) is 1. The normalized spacial score (nSPS) is 10.9. The van der Waals surface area contributed by atoms with E-state index in [9.17, 15) is 0 Å². The van der Waals surface area contributed by atoms with Crippen LogP contribution >= 0.6 is 43.5 Å². The number of hydrogen-bond acceptors (Lipinski definition) is 2. The molecule has 0 saturated heterocycles. The zero-order valence-corrected chi connectivity index (χ0v) is 15.4. The number of halogens is 3. The van der Waals surface area contributed by atoms with Gasteiger partial charge in [-0.25, -0.2) is 0 Å². The molecule has 20 heavy (non-hydrogen) atoms. The quantitative estimate of drug-likeness (QED) is 0.654. The first-order valence-electron chi connectivity index (χ1n) is 6.09. The van der Waals surface area contributed by atoms with Gasteiger partial charge in [-0.15, -0.1) is 0 Å². The van der Waals surface area contributed by atoms with Crippen molar-refractivity contribution in [1.29, 1.82) is 0 Å². The number of rotatable bonds is 4. The molecule has 0 saturated carbocycles. The van der Waals surface area contributed by atoms with Crippen molar-refractivity contribution >= 4 is 43.5 Å². The minimum absolute atomic E-state index is 0.401. The molecule has 1 heterocycles. The van der Waals surface area contributed by atoms with Gasteiger partial charge in [0.15, 0.2) is 0 Å². The molecule has 0 aliphatic heterocycles. The van der Waals surface area contributed by atoms with E-state index in [1.807, 2.05) is 33.0 Å². The predicted molar refractivity (Wildman–Crippen MR) is 88.8 cm³/mol. The lowest BCUT2D eigenvalue weighted by molar-refractivity contribution is 0.291. The fraction of sp³-hybridized carbons (Fsp3) is 0.357. The van der Waals surface area contributed by atoms with E-state index in [1.165, 1.54) is 0 Å². The average Bonchev–Trinajstić information content (AvgIpc) is 2.62. The molecule has 0 atom stereocenters. The molecule has 0 amide bonds. The monoisotopic (exact) mass is 420 g/mol. The summed E-state index contributed by atoms with van der Waals surface area (Å²) < 4.78 is 8.79. The Hall–Kier alpha value is -0.520. The molecule has 3 nitrogen and oxygen atoms in total. The largest absolute Gasteiger partial charge is 0.487 e. The third kappa shape index (κ3) is 3.21. The molecule has 0 aliphatic carbocycles. The highest BCUT2D eigenvalue weighted by molar-refractivity contribution is 9.10. The zero-order chi connectivity index (χ0) is 14.9. The first-order chi connectivity index (χ1) is 9.43. The topological polar surface area (TPSA) is 27.1 Å². The van der Waals surface area contributed by atoms with Crippen LogP contribution in [0.3, 0.4) is 0 Å². The molecule has 2 aromatic rings. The van der Waals surface area contributed by atoms with Gasteiger partial charge in [0.2, 0.25) is 0 Å². The van der Waals surface area contributed by atoms with E-state index >= 15 is 0 Å². The third-order valence-electron chi connectivity index (χ3n) is 3.08. The smallest absolute Gasteiger partial charge is 0.131 e. The van der Waals surface area contributed by atoms with Crippen molar-refractivity contribution < 1.29 is 4.74 Å². The first-order valence-corrected chi connectivity index (χ1v) is 8.39. The van der Waals surface area contributed by atoms with Crippen molar-refractivity contribution in [1.82, 2.24) is 9.78 Å². The summed E-state index contributed by atoms with van der Waals surface area (Å²) in [7, 11) is 1.87. The molecule has 1 aromatic carbocycles. The fourth-order valence-electron chi connectivity index (χ4n) is 2.08. The van der Waals surface area contributed by atoms with Gasteiger partial charge >= 0.3 is 0 Å². The Bertz CT molecular complexity index is 641. The molecule has 6 heteroatoms. The maximum atomic E-state index is 6.24. The second-order valence-electron chi connectivity index (χ2n) is 4.60. The van der Waals surface area contributed by atoms with Gasteiger partial charge in [-0.1, -0.05) is 43.5 Å². The van der Waals surface area contributed by atoms with Gasteiger partial charge < -0.3 is 4.74 Å². The number of nitrogens with zero attached hydrogens (tertiary/aromatic N) is 2. The highest BCUT2D eigenvalue weighted by Gasteiger charge is 2.14. The van der Waals surface area contributed by atoms with E-state index in [1.54, 1.807) is 4.68 Å². The van der Waals surface area contributed by atoms with Crippen molar-refractivity contribution in [3.63, 3.8) is 0 Å². The summed E-state index contributed by atoms with van der Waals surface area (Å²) in [5.74, 6) is 0.889. The lowest BCUT2D eigenvalue weighted by Gasteiger charge is -2.14. The van der Waals surface area contributed by atoms with Crippen molar-refractivity contribution in [3.8, 4) is 5.75 Å². The van der Waals surface area contributed by atoms with E-state index in [0.717, 1.165) is 38.1 Å². The summed E-state index contributed by atoms with van der Waals surface area (Å²) in [5.41, 5.74) is 3.89. The Labute approximate surface area is 140 Å². The summed E-state index contributed by atoms with van der Waals surface area (Å²) in [4.78, 5) is 0. The van der Waals surface area contributed by atoms with Crippen LogP contribution in [0.5, 0.6) is 5.75 Å². The lowest BCUT2D eigenvalue weighted by Crippen LogP contribution is -2.05. The molecular weight excluding hydrogens is 407 g/mol. The van der Waals surface area contributed by atoms with Crippen LogP contribution < -0.4 is 4.74 Å². The standard InChI is InChI=1S/C14H15Br2ClN2O/c1-8-4-11(16)5-10(6-15)14(8)20-7-12-13(17)9(2)18-19(12)3/h4-5H,6-7H2,1-3H3. The molecule has 108 valence electrons. The van der Waals surface area contributed by atoms with E-state index in [2.05, 4.69) is 37.0 Å². The zero-order valence-electron chi connectivity index (χ0n) is 11.5. The number of aromatic nitrogens is 2. The number of alkyl halides is 1. The van der Waals surface area contributed by atoms with Crippen LogP contribution in [-0.2, 0) is 19.0 Å². The Morgan fingerprint density at radius 3 is 2.60 bits per heavy atom. The Morgan fingerprint density at radius 1 is 1.35 bits per heavy atom. The highest BCUT2D eigenvalue weighted by Crippen LogP contribution is 2.31. The van der Waals surface area contributed by atoms with Gasteiger partial charge in [0.05, 0.1) is 16.4 Å². The van der Waals surface area contributed by atoms with Crippen LogP contribution in [0.25, 0.3) is 0 Å². The second kappa shape index (κ2) is 6.50. The molecule has 0 spiro atoms. The van der Waals surface area contributed by atoms with Gasteiger partial charge in [0.1, 0.15) is 12.4 Å². The maximum Gasteiger partial charge on any atom is 0.131 e. The van der Waals surface area contributed by atoms with Crippen LogP contribution in [-0.4, -0.2) is 9.78 Å².